The smallest absolute Gasteiger partial charge is 0.249 e. The Morgan fingerprint density at radius 1 is 1.35 bits per heavy atom. The van der Waals surface area contributed by atoms with Crippen molar-refractivity contribution < 1.29 is 4.79 Å². The van der Waals surface area contributed by atoms with Gasteiger partial charge in [-0.3, -0.25) is 15.2 Å². The van der Waals surface area contributed by atoms with Crippen LogP contribution in [0.3, 0.4) is 0 Å². The van der Waals surface area contributed by atoms with Gasteiger partial charge in [0.15, 0.2) is 5.82 Å². The van der Waals surface area contributed by atoms with Gasteiger partial charge in [-0.1, -0.05) is 43.7 Å². The Kier molecular flexibility index (Phi) is 5.61. The topological polar surface area (TPSA) is 70.7 Å². The molecule has 20 heavy (non-hydrogen) atoms. The van der Waals surface area contributed by atoms with Crippen molar-refractivity contribution >= 4 is 23.6 Å². The lowest BCUT2D eigenvalue weighted by Gasteiger charge is -2.00. The van der Waals surface area contributed by atoms with Crippen molar-refractivity contribution in [3.05, 3.63) is 30.3 Å². The average molecular weight is 290 g/mol. The molecule has 1 aromatic heterocycles. The van der Waals surface area contributed by atoms with Gasteiger partial charge in [-0.2, -0.15) is 16.7 Å². The van der Waals surface area contributed by atoms with Gasteiger partial charge in [0.05, 0.1) is 5.75 Å². The predicted octanol–water partition coefficient (Wildman–Crippen LogP) is 2.94. The van der Waals surface area contributed by atoms with Crippen LogP contribution in [0.1, 0.15) is 19.8 Å². The van der Waals surface area contributed by atoms with Crippen molar-refractivity contribution in [2.75, 3.05) is 16.8 Å². The maximum atomic E-state index is 11.7. The number of hydrogen-bond donors (Lipinski definition) is 2. The Balaban J connectivity index is 1.85. The monoisotopic (exact) mass is 290 g/mol. The highest BCUT2D eigenvalue weighted by atomic mass is 32.2. The highest BCUT2D eigenvalue weighted by Crippen LogP contribution is 2.15. The maximum absolute atomic E-state index is 11.7. The minimum absolute atomic E-state index is 0.0651. The Morgan fingerprint density at radius 3 is 2.90 bits per heavy atom. The maximum Gasteiger partial charge on any atom is 0.249 e. The zero-order valence-electron chi connectivity index (χ0n) is 11.4. The molecule has 0 spiro atoms. The van der Waals surface area contributed by atoms with Gasteiger partial charge in [0.1, 0.15) is 0 Å². The number of thioether (sulfide) groups is 1. The molecule has 0 aliphatic heterocycles. The van der Waals surface area contributed by atoms with Crippen molar-refractivity contribution in [1.29, 1.82) is 0 Å². The number of anilines is 1. The number of unbranched alkanes of at least 4 members (excludes halogenated alkanes) is 1. The van der Waals surface area contributed by atoms with E-state index in [0.29, 0.717) is 17.5 Å². The first-order valence-corrected chi connectivity index (χ1v) is 7.80. The molecule has 0 saturated heterocycles. The van der Waals surface area contributed by atoms with Gasteiger partial charge < -0.3 is 0 Å². The minimum atomic E-state index is -0.0651. The van der Waals surface area contributed by atoms with Gasteiger partial charge in [0, 0.05) is 5.56 Å². The summed E-state index contributed by atoms with van der Waals surface area (Å²) in [5.74, 6) is 2.36. The number of amides is 1. The van der Waals surface area contributed by atoms with Crippen LogP contribution in [0.15, 0.2) is 30.3 Å². The van der Waals surface area contributed by atoms with Crippen molar-refractivity contribution in [2.24, 2.45) is 0 Å². The number of aromatic nitrogens is 3. The molecule has 2 N–H and O–H groups in total. The molecule has 1 aromatic carbocycles. The van der Waals surface area contributed by atoms with Crippen LogP contribution in [-0.4, -0.2) is 32.6 Å². The third-order valence-corrected chi connectivity index (χ3v) is 3.70. The van der Waals surface area contributed by atoms with Crippen molar-refractivity contribution in [3.8, 4) is 11.4 Å². The molecule has 6 heteroatoms. The van der Waals surface area contributed by atoms with Crippen LogP contribution < -0.4 is 5.32 Å². The van der Waals surface area contributed by atoms with Gasteiger partial charge in [-0.25, -0.2) is 0 Å². The lowest BCUT2D eigenvalue weighted by molar-refractivity contribution is -0.113. The molecule has 2 aromatic rings. The van der Waals surface area contributed by atoms with E-state index in [-0.39, 0.29) is 5.91 Å². The van der Waals surface area contributed by atoms with Crippen molar-refractivity contribution in [1.82, 2.24) is 15.2 Å². The number of carbonyl (C=O) groups is 1. The molecule has 106 valence electrons. The molecule has 1 amide bonds. The number of nitrogens with zero attached hydrogens (tertiary/aromatic N) is 2. The molecule has 5 nitrogen and oxygen atoms in total. The minimum Gasteiger partial charge on any atom is -0.293 e. The molecule has 2 rings (SSSR count). The van der Waals surface area contributed by atoms with Crippen LogP contribution in [-0.2, 0) is 4.79 Å². The number of carbonyl (C=O) groups excluding carboxylic acids is 1. The largest absolute Gasteiger partial charge is 0.293 e. The number of hydrogen-bond acceptors (Lipinski definition) is 4. The highest BCUT2D eigenvalue weighted by molar-refractivity contribution is 7.99. The lowest BCUT2D eigenvalue weighted by Crippen LogP contribution is -2.15. The standard InChI is InChI=1S/C14H18N4OS/c1-2-3-9-20-10-12(19)15-14-16-13(17-18-14)11-7-5-4-6-8-11/h4-8H,2-3,9-10H2,1H3,(H2,15,16,17,18,19). The van der Waals surface area contributed by atoms with Crippen LogP contribution in [0, 0.1) is 0 Å². The number of aromatic amines is 1. The third-order valence-electron chi connectivity index (χ3n) is 2.66. The fourth-order valence-corrected chi connectivity index (χ4v) is 2.51. The Labute approximate surface area is 122 Å². The average Bonchev–Trinajstić information content (AvgIpc) is 2.93. The normalized spacial score (nSPS) is 10.4. The number of benzene rings is 1. The van der Waals surface area contributed by atoms with E-state index in [2.05, 4.69) is 27.4 Å². The number of rotatable bonds is 7. The SMILES string of the molecule is CCCCSCC(=O)Nc1n[nH]c(-c2ccccc2)n1. The van der Waals surface area contributed by atoms with Gasteiger partial charge in [0.25, 0.3) is 0 Å². The molecule has 0 radical (unpaired) electrons. The van der Waals surface area contributed by atoms with E-state index in [1.54, 1.807) is 11.8 Å². The first-order chi connectivity index (χ1) is 9.79. The number of nitrogens with one attached hydrogen (secondary N) is 2. The van der Waals surface area contributed by atoms with Gasteiger partial charge in [0.2, 0.25) is 11.9 Å². The molecule has 0 atom stereocenters. The quantitative estimate of drug-likeness (QED) is 0.769. The zero-order valence-corrected chi connectivity index (χ0v) is 12.2. The summed E-state index contributed by atoms with van der Waals surface area (Å²) in [6.07, 6.45) is 2.28. The molecule has 0 saturated carbocycles. The van der Waals surface area contributed by atoms with E-state index in [9.17, 15) is 4.79 Å². The first-order valence-electron chi connectivity index (χ1n) is 6.65. The van der Waals surface area contributed by atoms with Crippen LogP contribution in [0.25, 0.3) is 11.4 Å². The van der Waals surface area contributed by atoms with Crippen LogP contribution >= 0.6 is 11.8 Å². The van der Waals surface area contributed by atoms with E-state index in [4.69, 9.17) is 0 Å². The van der Waals surface area contributed by atoms with E-state index in [1.807, 2.05) is 30.3 Å². The zero-order chi connectivity index (χ0) is 14.2. The summed E-state index contributed by atoms with van der Waals surface area (Å²) in [5.41, 5.74) is 0.942. The summed E-state index contributed by atoms with van der Waals surface area (Å²) in [6, 6.07) is 9.68. The van der Waals surface area contributed by atoms with Crippen LogP contribution in [0.5, 0.6) is 0 Å². The second-order valence-electron chi connectivity index (χ2n) is 4.33. The number of H-pyrrole nitrogens is 1. The summed E-state index contributed by atoms with van der Waals surface area (Å²) in [5, 5.41) is 9.52. The molecule has 1 heterocycles. The van der Waals surface area contributed by atoms with Gasteiger partial charge in [-0.15, -0.1) is 5.10 Å². The fraction of sp³-hybridized carbons (Fsp3) is 0.357. The molecule has 0 bridgehead atoms. The molecule has 0 fully saturated rings. The summed E-state index contributed by atoms with van der Waals surface area (Å²) in [4.78, 5) is 16.0. The molecule has 0 unspecified atom stereocenters. The summed E-state index contributed by atoms with van der Waals surface area (Å²) in [6.45, 7) is 2.14. The van der Waals surface area contributed by atoms with Crippen molar-refractivity contribution in [3.63, 3.8) is 0 Å². The second kappa shape index (κ2) is 7.69. The Bertz CT molecular complexity index is 541. The molecular formula is C14H18N4OS. The Morgan fingerprint density at radius 2 is 2.15 bits per heavy atom. The van der Waals surface area contributed by atoms with E-state index < -0.39 is 0 Å². The first kappa shape index (κ1) is 14.6. The fourth-order valence-electron chi connectivity index (χ4n) is 1.61. The summed E-state index contributed by atoms with van der Waals surface area (Å²) >= 11 is 1.63. The highest BCUT2D eigenvalue weighted by Gasteiger charge is 2.08. The van der Waals surface area contributed by atoms with E-state index in [0.717, 1.165) is 24.2 Å². The molecule has 0 aliphatic carbocycles. The summed E-state index contributed by atoms with van der Waals surface area (Å²) in [7, 11) is 0. The summed E-state index contributed by atoms with van der Waals surface area (Å²) < 4.78 is 0. The molecule has 0 aliphatic rings. The van der Waals surface area contributed by atoms with Gasteiger partial charge >= 0.3 is 0 Å². The lowest BCUT2D eigenvalue weighted by atomic mass is 10.2. The van der Waals surface area contributed by atoms with Crippen molar-refractivity contribution in [2.45, 2.75) is 19.8 Å². The second-order valence-corrected chi connectivity index (χ2v) is 5.43. The van der Waals surface area contributed by atoms with Gasteiger partial charge in [-0.05, 0) is 12.2 Å². The van der Waals surface area contributed by atoms with Crippen LogP contribution in [0.4, 0.5) is 5.95 Å². The molecular weight excluding hydrogens is 272 g/mol. The Hall–Kier alpha value is -1.82. The predicted molar refractivity (Wildman–Crippen MR) is 82.7 cm³/mol. The van der Waals surface area contributed by atoms with Crippen LogP contribution in [0.2, 0.25) is 0 Å². The third kappa shape index (κ3) is 4.38. The van der Waals surface area contributed by atoms with E-state index in [1.165, 1.54) is 0 Å². The van der Waals surface area contributed by atoms with E-state index >= 15 is 0 Å².